The zero-order chi connectivity index (χ0) is 27.9. The Hall–Kier alpha value is -3.89. The molecular formula is C29H31N5O3S2. The van der Waals surface area contributed by atoms with Crippen LogP contribution in [0.3, 0.4) is 0 Å². The summed E-state index contributed by atoms with van der Waals surface area (Å²) in [5, 5.41) is 4.04. The van der Waals surface area contributed by atoms with Gasteiger partial charge in [-0.3, -0.25) is 9.71 Å². The minimum atomic E-state index is -3.48. The zero-order valence-corrected chi connectivity index (χ0v) is 24.1. The van der Waals surface area contributed by atoms with Gasteiger partial charge in [0.25, 0.3) is 0 Å². The van der Waals surface area contributed by atoms with Gasteiger partial charge in [-0.05, 0) is 86.6 Å². The molecule has 8 nitrogen and oxygen atoms in total. The highest BCUT2D eigenvalue weighted by atomic mass is 32.2. The van der Waals surface area contributed by atoms with Crippen LogP contribution in [-0.4, -0.2) is 36.4 Å². The van der Waals surface area contributed by atoms with Crippen LogP contribution in [0.15, 0.2) is 72.9 Å². The molecule has 0 unspecified atom stereocenters. The summed E-state index contributed by atoms with van der Waals surface area (Å²) in [6.45, 7) is 6.32. The van der Waals surface area contributed by atoms with Crippen molar-refractivity contribution in [2.24, 2.45) is 0 Å². The van der Waals surface area contributed by atoms with Crippen LogP contribution in [0.1, 0.15) is 40.3 Å². The van der Waals surface area contributed by atoms with Gasteiger partial charge >= 0.3 is 0 Å². The van der Waals surface area contributed by atoms with Gasteiger partial charge in [-0.2, -0.15) is 0 Å². The number of hydrogen-bond acceptors (Lipinski definition) is 5. The largest absolute Gasteiger partial charge is 0.494 e. The number of rotatable bonds is 7. The van der Waals surface area contributed by atoms with Gasteiger partial charge in [-0.1, -0.05) is 18.2 Å². The van der Waals surface area contributed by atoms with Crippen LogP contribution in [-0.2, 0) is 10.0 Å². The molecule has 39 heavy (non-hydrogen) atoms. The molecule has 5 rings (SSSR count). The second-order valence-electron chi connectivity index (χ2n) is 9.76. The van der Waals surface area contributed by atoms with Gasteiger partial charge in [-0.15, -0.1) is 0 Å². The van der Waals surface area contributed by atoms with E-state index in [2.05, 4.69) is 75.6 Å². The zero-order valence-electron chi connectivity index (χ0n) is 22.5. The van der Waals surface area contributed by atoms with Crippen LogP contribution < -0.4 is 19.7 Å². The number of anilines is 2. The van der Waals surface area contributed by atoms with Crippen molar-refractivity contribution in [1.82, 2.24) is 14.9 Å². The van der Waals surface area contributed by atoms with Crippen molar-refractivity contribution in [1.29, 1.82) is 0 Å². The van der Waals surface area contributed by atoms with E-state index in [1.165, 1.54) is 12.7 Å². The van der Waals surface area contributed by atoms with Crippen molar-refractivity contribution in [2.45, 2.75) is 32.9 Å². The van der Waals surface area contributed by atoms with E-state index in [-0.39, 0.29) is 12.1 Å². The molecule has 3 heterocycles. The molecule has 10 heteroatoms. The summed E-state index contributed by atoms with van der Waals surface area (Å²) in [5.74, 6) is 0.394. The first-order chi connectivity index (χ1) is 18.6. The summed E-state index contributed by atoms with van der Waals surface area (Å²) >= 11 is 5.90. The molecule has 1 fully saturated rings. The van der Waals surface area contributed by atoms with Gasteiger partial charge in [0.05, 0.1) is 36.8 Å². The number of aromatic nitrogens is 2. The first-order valence-corrected chi connectivity index (χ1v) is 14.8. The number of pyridine rings is 1. The van der Waals surface area contributed by atoms with E-state index in [9.17, 15) is 8.42 Å². The van der Waals surface area contributed by atoms with Crippen LogP contribution >= 0.6 is 12.2 Å². The molecule has 1 saturated heterocycles. The van der Waals surface area contributed by atoms with Crippen LogP contribution in [0.25, 0.3) is 5.69 Å². The normalized spacial score (nSPS) is 17.3. The maximum absolute atomic E-state index is 11.9. The monoisotopic (exact) mass is 561 g/mol. The highest BCUT2D eigenvalue weighted by molar-refractivity contribution is 7.92. The molecule has 1 aliphatic heterocycles. The van der Waals surface area contributed by atoms with Gasteiger partial charge in [0, 0.05) is 35.0 Å². The summed E-state index contributed by atoms with van der Waals surface area (Å²) in [4.78, 5) is 6.72. The topological polar surface area (TPSA) is 88.5 Å². The number of sulfonamides is 1. The first-order valence-electron chi connectivity index (χ1n) is 12.5. The number of aryl methyl sites for hydroxylation is 2. The Labute approximate surface area is 234 Å². The van der Waals surface area contributed by atoms with Crippen molar-refractivity contribution >= 4 is 38.7 Å². The fraction of sp³-hybridized carbons (Fsp3) is 0.241. The molecule has 202 valence electrons. The molecule has 2 aromatic carbocycles. The molecule has 2 N–H and O–H groups in total. The lowest BCUT2D eigenvalue weighted by Crippen LogP contribution is -2.29. The van der Waals surface area contributed by atoms with Crippen LogP contribution in [0.4, 0.5) is 11.4 Å². The number of nitrogens with one attached hydrogen (secondary N) is 2. The SMILES string of the molecule is COc1cc(N2C(=S)N[C@H](c3ccccn3)[C@H]2c2cc(C)n(-c3cccc(C)c3)c2C)ccc1NS(C)(=O)=O. The van der Waals surface area contributed by atoms with Gasteiger partial charge in [0.2, 0.25) is 10.0 Å². The Kier molecular flexibility index (Phi) is 7.09. The van der Waals surface area contributed by atoms with E-state index in [0.29, 0.717) is 16.5 Å². The predicted molar refractivity (Wildman–Crippen MR) is 159 cm³/mol. The molecule has 0 spiro atoms. The lowest BCUT2D eigenvalue weighted by molar-refractivity contribution is 0.417. The summed E-state index contributed by atoms with van der Waals surface area (Å²) in [5.41, 5.74) is 7.60. The average Bonchev–Trinajstić information content (AvgIpc) is 3.38. The third kappa shape index (κ3) is 5.22. The first kappa shape index (κ1) is 26.7. The fourth-order valence-electron chi connectivity index (χ4n) is 5.31. The van der Waals surface area contributed by atoms with E-state index in [1.807, 2.05) is 24.3 Å². The minimum absolute atomic E-state index is 0.218. The molecule has 0 bridgehead atoms. The van der Waals surface area contributed by atoms with Crippen molar-refractivity contribution in [2.75, 3.05) is 23.0 Å². The highest BCUT2D eigenvalue weighted by Crippen LogP contribution is 2.45. The third-order valence-corrected chi connectivity index (χ3v) is 7.81. The van der Waals surface area contributed by atoms with E-state index >= 15 is 0 Å². The fourth-order valence-corrected chi connectivity index (χ4v) is 6.23. The molecule has 0 aliphatic carbocycles. The number of thiocarbonyl (C=S) groups is 1. The molecule has 2 aromatic heterocycles. The molecule has 1 aliphatic rings. The Morgan fingerprint density at radius 1 is 1.00 bits per heavy atom. The average molecular weight is 562 g/mol. The smallest absolute Gasteiger partial charge is 0.229 e. The summed E-state index contributed by atoms with van der Waals surface area (Å²) < 4.78 is 34.1. The van der Waals surface area contributed by atoms with Gasteiger partial charge in [0.15, 0.2) is 5.11 Å². The standard InChI is InChI=1S/C29H31N5O3S2/c1-18-9-8-10-21(15-18)33-19(2)16-23(20(33)3)28-27(25-11-6-7-14-30-25)31-29(38)34(28)22-12-13-24(26(17-22)37-4)32-39(5,35)36/h6-17,27-28,32H,1-5H3,(H,31,38)/t27-,28-/m1/s1. The second-order valence-corrected chi connectivity index (χ2v) is 11.9. The Morgan fingerprint density at radius 3 is 2.46 bits per heavy atom. The number of benzene rings is 2. The van der Waals surface area contributed by atoms with Crippen LogP contribution in [0.2, 0.25) is 0 Å². The lowest BCUT2D eigenvalue weighted by Gasteiger charge is -2.29. The molecular weight excluding hydrogens is 530 g/mol. The van der Waals surface area contributed by atoms with Crippen molar-refractivity contribution in [3.63, 3.8) is 0 Å². The Morgan fingerprint density at radius 2 is 1.79 bits per heavy atom. The number of hydrogen-bond donors (Lipinski definition) is 2. The summed E-state index contributed by atoms with van der Waals surface area (Å²) in [6, 6.07) is 21.4. The van der Waals surface area contributed by atoms with Gasteiger partial charge in [0.1, 0.15) is 5.75 Å². The summed E-state index contributed by atoms with van der Waals surface area (Å²) in [6.07, 6.45) is 2.89. The maximum atomic E-state index is 11.9. The predicted octanol–water partition coefficient (Wildman–Crippen LogP) is 5.35. The number of ether oxygens (including phenoxy) is 1. The van der Waals surface area contributed by atoms with Crippen molar-refractivity contribution in [3.8, 4) is 11.4 Å². The van der Waals surface area contributed by atoms with E-state index < -0.39 is 10.0 Å². The molecule has 0 amide bonds. The Bertz CT molecular complexity index is 1650. The van der Waals surface area contributed by atoms with Crippen molar-refractivity contribution < 1.29 is 13.2 Å². The lowest BCUT2D eigenvalue weighted by atomic mass is 9.96. The van der Waals surface area contributed by atoms with E-state index in [1.54, 1.807) is 18.3 Å². The maximum Gasteiger partial charge on any atom is 0.229 e. The molecule has 4 aromatic rings. The van der Waals surface area contributed by atoms with E-state index in [0.717, 1.165) is 40.3 Å². The molecule has 0 saturated carbocycles. The van der Waals surface area contributed by atoms with Gasteiger partial charge in [-0.25, -0.2) is 8.42 Å². The Balaban J connectivity index is 1.67. The van der Waals surface area contributed by atoms with Crippen LogP contribution in [0, 0.1) is 20.8 Å². The quantitative estimate of drug-likeness (QED) is 0.294. The number of nitrogens with zero attached hydrogens (tertiary/aromatic N) is 3. The van der Waals surface area contributed by atoms with Crippen LogP contribution in [0.5, 0.6) is 5.75 Å². The highest BCUT2D eigenvalue weighted by Gasteiger charge is 2.42. The minimum Gasteiger partial charge on any atom is -0.494 e. The summed E-state index contributed by atoms with van der Waals surface area (Å²) in [7, 11) is -1.97. The number of methoxy groups -OCH3 is 1. The third-order valence-electron chi connectivity index (χ3n) is 6.91. The van der Waals surface area contributed by atoms with Crippen molar-refractivity contribution in [3.05, 3.63) is 101 Å². The molecule has 2 atom stereocenters. The second kappa shape index (κ2) is 10.3. The van der Waals surface area contributed by atoms with E-state index in [4.69, 9.17) is 17.0 Å². The molecule has 0 radical (unpaired) electrons. The van der Waals surface area contributed by atoms with Gasteiger partial charge < -0.3 is 19.5 Å².